The van der Waals surface area contributed by atoms with Crippen molar-refractivity contribution in [2.75, 3.05) is 32.5 Å². The number of halogens is 1. The standard InChI is InChI=1S/C19H22BrN3O4S/c1-4-23(13-18(24)21-16-9-7-15(20)8-10-16)19(25)14-5-11-17(12-6-14)28(26,27)22(2)3/h5-12H,4,13H2,1-3H3,(H,21,24). The van der Waals surface area contributed by atoms with Gasteiger partial charge in [-0.1, -0.05) is 15.9 Å². The Balaban J connectivity index is 2.08. The molecular formula is C19H22BrN3O4S. The molecule has 150 valence electrons. The van der Waals surface area contributed by atoms with Gasteiger partial charge in [0.15, 0.2) is 0 Å². The molecule has 2 rings (SSSR count). The summed E-state index contributed by atoms with van der Waals surface area (Å²) >= 11 is 3.33. The van der Waals surface area contributed by atoms with Gasteiger partial charge in [0.25, 0.3) is 5.91 Å². The topological polar surface area (TPSA) is 86.8 Å². The van der Waals surface area contributed by atoms with Crippen molar-refractivity contribution in [3.63, 3.8) is 0 Å². The summed E-state index contributed by atoms with van der Waals surface area (Å²) in [5.41, 5.74) is 0.950. The molecule has 0 fully saturated rings. The van der Waals surface area contributed by atoms with Gasteiger partial charge < -0.3 is 10.2 Å². The number of amides is 2. The number of nitrogens with zero attached hydrogens (tertiary/aromatic N) is 2. The fourth-order valence-corrected chi connectivity index (χ4v) is 3.56. The van der Waals surface area contributed by atoms with Gasteiger partial charge in [0.05, 0.1) is 4.90 Å². The van der Waals surface area contributed by atoms with Gasteiger partial charge in [-0.2, -0.15) is 0 Å². The van der Waals surface area contributed by atoms with Crippen LogP contribution in [0.15, 0.2) is 57.9 Å². The molecule has 0 saturated heterocycles. The summed E-state index contributed by atoms with van der Waals surface area (Å²) < 4.78 is 26.2. The minimum atomic E-state index is -3.56. The van der Waals surface area contributed by atoms with E-state index in [0.29, 0.717) is 17.8 Å². The maximum atomic E-state index is 12.7. The second-order valence-corrected chi connectivity index (χ2v) is 9.25. The average molecular weight is 468 g/mol. The minimum absolute atomic E-state index is 0.102. The van der Waals surface area contributed by atoms with Crippen LogP contribution >= 0.6 is 15.9 Å². The number of benzene rings is 2. The van der Waals surface area contributed by atoms with Crippen molar-refractivity contribution in [3.8, 4) is 0 Å². The number of sulfonamides is 1. The number of carbonyl (C=O) groups is 2. The number of hydrogen-bond donors (Lipinski definition) is 1. The molecular weight excluding hydrogens is 446 g/mol. The molecule has 0 unspecified atom stereocenters. The van der Waals surface area contributed by atoms with Crippen LogP contribution in [0.2, 0.25) is 0 Å². The van der Waals surface area contributed by atoms with Crippen LogP contribution in [0.4, 0.5) is 5.69 Å². The smallest absolute Gasteiger partial charge is 0.254 e. The Morgan fingerprint density at radius 3 is 2.07 bits per heavy atom. The maximum absolute atomic E-state index is 12.7. The molecule has 2 aromatic carbocycles. The van der Waals surface area contributed by atoms with E-state index in [9.17, 15) is 18.0 Å². The maximum Gasteiger partial charge on any atom is 0.254 e. The zero-order valence-electron chi connectivity index (χ0n) is 15.8. The lowest BCUT2D eigenvalue weighted by atomic mass is 10.2. The Bertz CT molecular complexity index is 942. The lowest BCUT2D eigenvalue weighted by molar-refractivity contribution is -0.116. The molecule has 0 atom stereocenters. The Hall–Kier alpha value is -2.23. The fourth-order valence-electron chi connectivity index (χ4n) is 2.40. The van der Waals surface area contributed by atoms with Crippen LogP contribution in [0.3, 0.4) is 0 Å². The second-order valence-electron chi connectivity index (χ2n) is 6.19. The second kappa shape index (κ2) is 9.31. The highest BCUT2D eigenvalue weighted by molar-refractivity contribution is 9.10. The summed E-state index contributed by atoms with van der Waals surface area (Å²) in [4.78, 5) is 26.4. The molecule has 7 nitrogen and oxygen atoms in total. The van der Waals surface area contributed by atoms with Gasteiger partial charge in [0, 0.05) is 36.4 Å². The Labute approximate surface area is 173 Å². The van der Waals surface area contributed by atoms with Crippen LogP contribution in [0.5, 0.6) is 0 Å². The minimum Gasteiger partial charge on any atom is -0.330 e. The van der Waals surface area contributed by atoms with E-state index in [1.165, 1.54) is 43.3 Å². The lowest BCUT2D eigenvalue weighted by Gasteiger charge is -2.20. The van der Waals surface area contributed by atoms with E-state index in [1.807, 2.05) is 12.1 Å². The highest BCUT2D eigenvalue weighted by Gasteiger charge is 2.20. The van der Waals surface area contributed by atoms with Crippen molar-refractivity contribution in [2.45, 2.75) is 11.8 Å². The summed E-state index contributed by atoms with van der Waals surface area (Å²) in [5, 5.41) is 2.74. The zero-order valence-corrected chi connectivity index (χ0v) is 18.2. The molecule has 1 N–H and O–H groups in total. The van der Waals surface area contributed by atoms with Crippen molar-refractivity contribution < 1.29 is 18.0 Å². The summed E-state index contributed by atoms with van der Waals surface area (Å²) in [5.74, 6) is -0.661. The molecule has 2 amide bonds. The Morgan fingerprint density at radius 1 is 1.00 bits per heavy atom. The van der Waals surface area contributed by atoms with Gasteiger partial charge in [-0.3, -0.25) is 9.59 Å². The van der Waals surface area contributed by atoms with Crippen molar-refractivity contribution in [3.05, 3.63) is 58.6 Å². The number of rotatable bonds is 7. The van der Waals surface area contributed by atoms with Gasteiger partial charge >= 0.3 is 0 Å². The van der Waals surface area contributed by atoms with E-state index in [2.05, 4.69) is 21.2 Å². The molecule has 0 saturated carbocycles. The van der Waals surface area contributed by atoms with Crippen LogP contribution in [0.1, 0.15) is 17.3 Å². The first-order valence-corrected chi connectivity index (χ1v) is 10.8. The van der Waals surface area contributed by atoms with E-state index in [4.69, 9.17) is 0 Å². The normalized spacial score (nSPS) is 11.3. The van der Waals surface area contributed by atoms with Crippen LogP contribution in [-0.2, 0) is 14.8 Å². The predicted molar refractivity (Wildman–Crippen MR) is 112 cm³/mol. The van der Waals surface area contributed by atoms with E-state index in [1.54, 1.807) is 19.1 Å². The van der Waals surface area contributed by atoms with Gasteiger partial charge in [-0.05, 0) is 55.5 Å². The molecule has 0 aromatic heterocycles. The van der Waals surface area contributed by atoms with E-state index >= 15 is 0 Å². The highest BCUT2D eigenvalue weighted by Crippen LogP contribution is 2.16. The first-order chi connectivity index (χ1) is 13.1. The predicted octanol–water partition coefficient (Wildman–Crippen LogP) is 2.80. The average Bonchev–Trinajstić information content (AvgIpc) is 2.67. The van der Waals surface area contributed by atoms with Gasteiger partial charge in [-0.15, -0.1) is 0 Å². The summed E-state index contributed by atoms with van der Waals surface area (Å²) in [6, 6.07) is 12.8. The first kappa shape index (κ1) is 22.1. The molecule has 0 bridgehead atoms. The molecule has 28 heavy (non-hydrogen) atoms. The molecule has 0 radical (unpaired) electrons. The van der Waals surface area contributed by atoms with Crippen molar-refractivity contribution in [1.82, 2.24) is 9.21 Å². The van der Waals surface area contributed by atoms with Crippen LogP contribution < -0.4 is 5.32 Å². The van der Waals surface area contributed by atoms with Crippen molar-refractivity contribution in [1.29, 1.82) is 0 Å². The molecule has 2 aromatic rings. The van der Waals surface area contributed by atoms with Crippen LogP contribution in [-0.4, -0.2) is 56.6 Å². The van der Waals surface area contributed by atoms with Crippen LogP contribution in [0, 0.1) is 0 Å². The number of likely N-dealkylation sites (N-methyl/N-ethyl adjacent to an activating group) is 1. The fraction of sp³-hybridized carbons (Fsp3) is 0.263. The van der Waals surface area contributed by atoms with Gasteiger partial charge in [0.1, 0.15) is 6.54 Å². The number of anilines is 1. The molecule has 9 heteroatoms. The van der Waals surface area contributed by atoms with Gasteiger partial charge in [-0.25, -0.2) is 12.7 Å². The molecule has 0 aliphatic heterocycles. The van der Waals surface area contributed by atoms with Crippen molar-refractivity contribution in [2.24, 2.45) is 0 Å². The number of nitrogens with one attached hydrogen (secondary N) is 1. The monoisotopic (exact) mass is 467 g/mol. The molecule has 0 spiro atoms. The van der Waals surface area contributed by atoms with E-state index < -0.39 is 10.0 Å². The van der Waals surface area contributed by atoms with Crippen LogP contribution in [0.25, 0.3) is 0 Å². The third kappa shape index (κ3) is 5.40. The quantitative estimate of drug-likeness (QED) is 0.677. The Kier molecular flexibility index (Phi) is 7.34. The van der Waals surface area contributed by atoms with E-state index in [-0.39, 0.29) is 23.3 Å². The summed E-state index contributed by atoms with van der Waals surface area (Å²) in [6.45, 7) is 2.00. The molecule has 0 heterocycles. The molecule has 0 aliphatic rings. The Morgan fingerprint density at radius 2 is 1.57 bits per heavy atom. The summed E-state index contributed by atoms with van der Waals surface area (Å²) in [6.07, 6.45) is 0. The van der Waals surface area contributed by atoms with Crippen molar-refractivity contribution >= 4 is 43.5 Å². The third-order valence-corrected chi connectivity index (χ3v) is 6.37. The SMILES string of the molecule is CCN(CC(=O)Nc1ccc(Br)cc1)C(=O)c1ccc(S(=O)(=O)N(C)C)cc1. The lowest BCUT2D eigenvalue weighted by Crippen LogP contribution is -2.37. The van der Waals surface area contributed by atoms with Gasteiger partial charge in [0.2, 0.25) is 15.9 Å². The highest BCUT2D eigenvalue weighted by atomic mass is 79.9. The first-order valence-electron chi connectivity index (χ1n) is 8.52. The molecule has 0 aliphatic carbocycles. The third-order valence-electron chi connectivity index (χ3n) is 4.01. The summed E-state index contributed by atoms with van der Waals surface area (Å²) in [7, 11) is -0.677. The number of carbonyl (C=O) groups excluding carboxylic acids is 2. The largest absolute Gasteiger partial charge is 0.330 e. The zero-order chi connectivity index (χ0) is 20.9. The number of hydrogen-bond acceptors (Lipinski definition) is 4. The van der Waals surface area contributed by atoms with E-state index in [0.717, 1.165) is 8.78 Å².